The van der Waals surface area contributed by atoms with E-state index in [0.29, 0.717) is 29.1 Å². The van der Waals surface area contributed by atoms with E-state index in [4.69, 9.17) is 16.3 Å². The Morgan fingerprint density at radius 3 is 2.96 bits per heavy atom. The summed E-state index contributed by atoms with van der Waals surface area (Å²) in [5, 5.41) is 15.1. The van der Waals surface area contributed by atoms with Crippen molar-refractivity contribution in [3.8, 4) is 5.75 Å². The molecule has 1 aliphatic heterocycles. The van der Waals surface area contributed by atoms with Gasteiger partial charge in [0.25, 0.3) is 5.91 Å². The molecular weight excluding hydrogens is 354 g/mol. The van der Waals surface area contributed by atoms with E-state index in [9.17, 15) is 4.79 Å². The number of hydrogen-bond donors (Lipinski definition) is 2. The van der Waals surface area contributed by atoms with Gasteiger partial charge in [0, 0.05) is 5.02 Å². The highest BCUT2D eigenvalue weighted by Crippen LogP contribution is 2.20. The van der Waals surface area contributed by atoms with Crippen molar-refractivity contribution < 1.29 is 9.53 Å². The number of nitrogens with zero attached hydrogens (tertiary/aromatic N) is 3. The molecule has 1 unspecified atom stereocenters. The Kier molecular flexibility index (Phi) is 6.11. The Balaban J connectivity index is 1.55. The lowest BCUT2D eigenvalue weighted by Gasteiger charge is -2.23. The van der Waals surface area contributed by atoms with Crippen LogP contribution in [0.15, 0.2) is 24.3 Å². The fourth-order valence-electron chi connectivity index (χ4n) is 3.08. The molecule has 0 bridgehead atoms. The van der Waals surface area contributed by atoms with E-state index in [1.54, 1.807) is 12.1 Å². The molecule has 8 heteroatoms. The summed E-state index contributed by atoms with van der Waals surface area (Å²) in [5.74, 6) is 0.441. The molecule has 1 amide bonds. The van der Waals surface area contributed by atoms with E-state index in [1.807, 2.05) is 30.7 Å². The Labute approximate surface area is 158 Å². The molecule has 1 aromatic heterocycles. The number of nitrogens with one attached hydrogen (secondary N) is 2. The van der Waals surface area contributed by atoms with Crippen molar-refractivity contribution in [1.29, 1.82) is 0 Å². The number of amides is 1. The SMILES string of the molecule is Cc1c(C(=O)NCC(C)Oc2cccc(Cl)c2)nnn1C1CCNCC1. The van der Waals surface area contributed by atoms with Gasteiger partial charge >= 0.3 is 0 Å². The summed E-state index contributed by atoms with van der Waals surface area (Å²) in [6, 6.07) is 7.49. The number of benzene rings is 1. The predicted molar refractivity (Wildman–Crippen MR) is 99.8 cm³/mol. The lowest BCUT2D eigenvalue weighted by molar-refractivity contribution is 0.0926. The molecule has 3 rings (SSSR count). The van der Waals surface area contributed by atoms with E-state index in [1.165, 1.54) is 0 Å². The third kappa shape index (κ3) is 4.53. The van der Waals surface area contributed by atoms with Gasteiger partial charge in [-0.1, -0.05) is 22.9 Å². The van der Waals surface area contributed by atoms with E-state index in [2.05, 4.69) is 20.9 Å². The van der Waals surface area contributed by atoms with Gasteiger partial charge in [0.15, 0.2) is 5.69 Å². The minimum absolute atomic E-state index is 0.197. The topological polar surface area (TPSA) is 81.1 Å². The van der Waals surface area contributed by atoms with Gasteiger partial charge in [0.05, 0.1) is 18.3 Å². The van der Waals surface area contributed by atoms with Gasteiger partial charge in [-0.2, -0.15) is 0 Å². The summed E-state index contributed by atoms with van der Waals surface area (Å²) in [7, 11) is 0. The van der Waals surface area contributed by atoms with Crippen LogP contribution in [-0.4, -0.2) is 46.6 Å². The number of carbonyl (C=O) groups is 1. The predicted octanol–water partition coefficient (Wildman–Crippen LogP) is 2.36. The first-order valence-corrected chi connectivity index (χ1v) is 9.25. The number of halogens is 1. The highest BCUT2D eigenvalue weighted by Gasteiger charge is 2.23. The molecule has 0 aliphatic carbocycles. The summed E-state index contributed by atoms with van der Waals surface area (Å²) < 4.78 is 7.64. The van der Waals surface area contributed by atoms with Crippen molar-refractivity contribution in [2.75, 3.05) is 19.6 Å². The first-order chi connectivity index (χ1) is 12.5. The highest BCUT2D eigenvalue weighted by molar-refractivity contribution is 6.30. The van der Waals surface area contributed by atoms with E-state index in [0.717, 1.165) is 31.6 Å². The maximum absolute atomic E-state index is 12.5. The van der Waals surface area contributed by atoms with E-state index < -0.39 is 0 Å². The summed E-state index contributed by atoms with van der Waals surface area (Å²) in [4.78, 5) is 12.5. The van der Waals surface area contributed by atoms with Crippen LogP contribution in [0.4, 0.5) is 0 Å². The summed E-state index contributed by atoms with van der Waals surface area (Å²) in [5.41, 5.74) is 1.18. The second kappa shape index (κ2) is 8.51. The molecule has 1 saturated heterocycles. The molecule has 1 fully saturated rings. The van der Waals surface area contributed by atoms with Crippen LogP contribution in [-0.2, 0) is 0 Å². The van der Waals surface area contributed by atoms with Gasteiger partial charge in [-0.05, 0) is 58.0 Å². The zero-order valence-corrected chi connectivity index (χ0v) is 15.8. The number of ether oxygens (including phenoxy) is 1. The second-order valence-electron chi connectivity index (χ2n) is 6.55. The molecule has 7 nitrogen and oxygen atoms in total. The van der Waals surface area contributed by atoms with Crippen molar-refractivity contribution in [2.45, 2.75) is 38.8 Å². The standard InChI is InChI=1S/C18H24ClN5O2/c1-12(26-16-5-3-4-14(19)10-16)11-21-18(25)17-13(2)24(23-22-17)15-6-8-20-9-7-15/h3-5,10,12,15,20H,6-9,11H2,1-2H3,(H,21,25). The van der Waals surface area contributed by atoms with Crippen molar-refractivity contribution >= 4 is 17.5 Å². The molecule has 0 saturated carbocycles. The summed E-state index contributed by atoms with van der Waals surface area (Å²) in [6.07, 6.45) is 1.79. The minimum Gasteiger partial charge on any atom is -0.489 e. The molecule has 2 heterocycles. The molecular formula is C18H24ClN5O2. The highest BCUT2D eigenvalue weighted by atomic mass is 35.5. The smallest absolute Gasteiger partial charge is 0.273 e. The van der Waals surface area contributed by atoms with Gasteiger partial charge in [-0.3, -0.25) is 4.79 Å². The van der Waals surface area contributed by atoms with Gasteiger partial charge in [-0.25, -0.2) is 4.68 Å². The quantitative estimate of drug-likeness (QED) is 0.807. The number of carbonyl (C=O) groups excluding carboxylic acids is 1. The van der Waals surface area contributed by atoms with Crippen molar-refractivity contribution in [1.82, 2.24) is 25.6 Å². The van der Waals surface area contributed by atoms with Crippen LogP contribution in [0, 0.1) is 6.92 Å². The van der Waals surface area contributed by atoms with Crippen LogP contribution in [0.3, 0.4) is 0 Å². The molecule has 0 spiro atoms. The van der Waals surface area contributed by atoms with Crippen LogP contribution in [0.2, 0.25) is 5.02 Å². The van der Waals surface area contributed by atoms with Crippen LogP contribution < -0.4 is 15.4 Å². The Morgan fingerprint density at radius 1 is 1.46 bits per heavy atom. The third-order valence-corrected chi connectivity index (χ3v) is 4.72. The average molecular weight is 378 g/mol. The zero-order valence-electron chi connectivity index (χ0n) is 15.0. The van der Waals surface area contributed by atoms with Crippen molar-refractivity contribution in [3.63, 3.8) is 0 Å². The lowest BCUT2D eigenvalue weighted by atomic mass is 10.1. The molecule has 26 heavy (non-hydrogen) atoms. The Bertz CT molecular complexity index is 758. The first-order valence-electron chi connectivity index (χ1n) is 8.87. The molecule has 0 radical (unpaired) electrons. The normalized spacial score (nSPS) is 16.3. The first kappa shape index (κ1) is 18.7. The van der Waals surface area contributed by atoms with E-state index in [-0.39, 0.29) is 12.0 Å². The maximum Gasteiger partial charge on any atom is 0.273 e. The van der Waals surface area contributed by atoms with E-state index >= 15 is 0 Å². The number of rotatable bonds is 6. The number of hydrogen-bond acceptors (Lipinski definition) is 5. The Hall–Kier alpha value is -2.12. The minimum atomic E-state index is -0.232. The van der Waals surface area contributed by atoms with Crippen LogP contribution >= 0.6 is 11.6 Å². The molecule has 2 aromatic rings. The average Bonchev–Trinajstić information content (AvgIpc) is 3.02. The van der Waals surface area contributed by atoms with Gasteiger partial charge in [0.2, 0.25) is 0 Å². The number of piperidine rings is 1. The fourth-order valence-corrected chi connectivity index (χ4v) is 3.26. The summed E-state index contributed by atoms with van der Waals surface area (Å²) in [6.45, 7) is 6.07. The third-order valence-electron chi connectivity index (χ3n) is 4.48. The Morgan fingerprint density at radius 2 is 2.23 bits per heavy atom. The number of aromatic nitrogens is 3. The monoisotopic (exact) mass is 377 g/mol. The summed E-state index contributed by atoms with van der Waals surface area (Å²) >= 11 is 5.95. The van der Waals surface area contributed by atoms with Crippen molar-refractivity contribution in [2.24, 2.45) is 0 Å². The fraction of sp³-hybridized carbons (Fsp3) is 0.500. The second-order valence-corrected chi connectivity index (χ2v) is 6.98. The van der Waals surface area contributed by atoms with Crippen molar-refractivity contribution in [3.05, 3.63) is 40.7 Å². The zero-order chi connectivity index (χ0) is 18.5. The molecule has 1 aliphatic rings. The molecule has 140 valence electrons. The molecule has 1 aromatic carbocycles. The van der Waals surface area contributed by atoms with Crippen LogP contribution in [0.5, 0.6) is 5.75 Å². The van der Waals surface area contributed by atoms with Gasteiger partial charge < -0.3 is 15.4 Å². The molecule has 1 atom stereocenters. The van der Waals surface area contributed by atoms with Crippen LogP contribution in [0.1, 0.15) is 42.0 Å². The largest absolute Gasteiger partial charge is 0.489 e. The van der Waals surface area contributed by atoms with Gasteiger partial charge in [0.1, 0.15) is 11.9 Å². The molecule has 2 N–H and O–H groups in total. The van der Waals surface area contributed by atoms with Crippen LogP contribution in [0.25, 0.3) is 0 Å². The maximum atomic E-state index is 12.5. The van der Waals surface area contributed by atoms with Gasteiger partial charge in [-0.15, -0.1) is 5.10 Å². The lowest BCUT2D eigenvalue weighted by Crippen LogP contribution is -2.34.